The molecule has 0 fully saturated rings. The molecule has 9 heteroatoms. The Bertz CT molecular complexity index is 609. The third kappa shape index (κ3) is 6.72. The van der Waals surface area contributed by atoms with Crippen LogP contribution >= 0.6 is 11.8 Å². The summed E-state index contributed by atoms with van der Waals surface area (Å²) < 4.78 is 39.8. The first kappa shape index (κ1) is 19.0. The number of hydrogen-bond donors (Lipinski definition) is 1. The van der Waals surface area contributed by atoms with E-state index in [-0.39, 0.29) is 29.1 Å². The highest BCUT2D eigenvalue weighted by molar-refractivity contribution is 7.99. The van der Waals surface area contributed by atoms with Crippen LogP contribution in [0.5, 0.6) is 0 Å². The van der Waals surface area contributed by atoms with Crippen LogP contribution in [0.4, 0.5) is 13.2 Å². The number of carbonyl (C=O) groups excluding carboxylic acids is 1. The Balaban J connectivity index is 0.00000127. The molecule has 2 heterocycles. The van der Waals surface area contributed by atoms with Crippen molar-refractivity contribution >= 4 is 17.7 Å². The van der Waals surface area contributed by atoms with Gasteiger partial charge < -0.3 is 9.73 Å². The van der Waals surface area contributed by atoms with Crippen molar-refractivity contribution in [3.63, 3.8) is 0 Å². The molecule has 0 aliphatic carbocycles. The molecule has 1 N–H and O–H groups in total. The van der Waals surface area contributed by atoms with Crippen LogP contribution in [0.1, 0.15) is 23.6 Å². The van der Waals surface area contributed by atoms with Gasteiger partial charge in [-0.15, -0.1) is 0 Å². The van der Waals surface area contributed by atoms with Crippen LogP contribution in [0, 0.1) is 6.92 Å². The maximum absolute atomic E-state index is 12.6. The van der Waals surface area contributed by atoms with Gasteiger partial charge in [0.2, 0.25) is 5.91 Å². The number of hydrogen-bond acceptors (Lipinski definition) is 5. The van der Waals surface area contributed by atoms with Gasteiger partial charge in [0.25, 0.3) is 6.43 Å². The van der Waals surface area contributed by atoms with Gasteiger partial charge in [-0.05, 0) is 25.1 Å². The molecule has 0 aliphatic heterocycles. The van der Waals surface area contributed by atoms with E-state index in [9.17, 15) is 18.0 Å². The Morgan fingerprint density at radius 2 is 2.13 bits per heavy atom. The minimum Gasteiger partial charge on any atom is -0.467 e. The Hall–Kier alpha value is -2.03. The van der Waals surface area contributed by atoms with Gasteiger partial charge in [0.05, 0.1) is 25.7 Å². The molecular formula is C14H16F3N3O2S. The number of nitrogens with zero attached hydrogens (tertiary/aromatic N) is 2. The molecule has 0 radical (unpaired) electrons. The van der Waals surface area contributed by atoms with E-state index in [4.69, 9.17) is 4.42 Å². The van der Waals surface area contributed by atoms with Crippen LogP contribution in [0.25, 0.3) is 0 Å². The van der Waals surface area contributed by atoms with Gasteiger partial charge in [0.15, 0.2) is 5.16 Å². The molecule has 126 valence electrons. The van der Waals surface area contributed by atoms with E-state index in [0.717, 1.165) is 11.8 Å². The Kier molecular flexibility index (Phi) is 8.17. The second kappa shape index (κ2) is 9.88. The summed E-state index contributed by atoms with van der Waals surface area (Å²) in [5.41, 5.74) is 0.111. The van der Waals surface area contributed by atoms with E-state index < -0.39 is 6.43 Å². The summed E-state index contributed by atoms with van der Waals surface area (Å²) in [5.74, 6) is 0.438. The average molecular weight is 347 g/mol. The fourth-order valence-electron chi connectivity index (χ4n) is 1.52. The number of furan rings is 1. The fourth-order valence-corrected chi connectivity index (χ4v) is 2.26. The summed E-state index contributed by atoms with van der Waals surface area (Å²) in [6, 6.07) is 4.69. The molecule has 0 spiro atoms. The molecule has 1 amide bonds. The minimum absolute atomic E-state index is 0.0485. The van der Waals surface area contributed by atoms with Crippen LogP contribution in [0.15, 0.2) is 34.0 Å². The molecule has 5 nitrogen and oxygen atoms in total. The summed E-state index contributed by atoms with van der Waals surface area (Å²) in [6.07, 6.45) is -1.14. The van der Waals surface area contributed by atoms with Crippen molar-refractivity contribution in [2.75, 3.05) is 12.9 Å². The average Bonchev–Trinajstić information content (AvgIpc) is 3.06. The highest BCUT2D eigenvalue weighted by Crippen LogP contribution is 2.20. The maximum atomic E-state index is 12.6. The maximum Gasteiger partial charge on any atom is 0.280 e. The number of amides is 1. The van der Waals surface area contributed by atoms with Crippen LogP contribution in [0.3, 0.4) is 0 Å². The SMILES string of the molecule is CF.Cc1cc(C(F)F)nc(SCC(=O)NCc2ccco2)n1. The van der Waals surface area contributed by atoms with Crippen molar-refractivity contribution in [3.8, 4) is 0 Å². The Labute approximate surface area is 135 Å². The van der Waals surface area contributed by atoms with Gasteiger partial charge in [-0.1, -0.05) is 11.8 Å². The van der Waals surface area contributed by atoms with Gasteiger partial charge in [0, 0.05) is 5.69 Å². The summed E-state index contributed by atoms with van der Waals surface area (Å²) in [7, 11) is 0.500. The quantitative estimate of drug-likeness (QED) is 0.641. The Morgan fingerprint density at radius 1 is 1.39 bits per heavy atom. The molecule has 0 saturated carbocycles. The minimum atomic E-state index is -2.65. The predicted octanol–water partition coefficient (Wildman–Crippen LogP) is 3.31. The van der Waals surface area contributed by atoms with Crippen LogP contribution in [-0.4, -0.2) is 28.8 Å². The molecular weight excluding hydrogens is 331 g/mol. The topological polar surface area (TPSA) is 68.0 Å². The van der Waals surface area contributed by atoms with Crippen LogP contribution in [-0.2, 0) is 11.3 Å². The molecule has 0 aliphatic rings. The zero-order valence-corrected chi connectivity index (χ0v) is 13.4. The van der Waals surface area contributed by atoms with E-state index >= 15 is 0 Å². The molecule has 2 aromatic heterocycles. The first-order valence-electron chi connectivity index (χ1n) is 6.48. The molecule has 2 aromatic rings. The smallest absolute Gasteiger partial charge is 0.280 e. The fraction of sp³-hybridized carbons (Fsp3) is 0.357. The second-order valence-corrected chi connectivity index (χ2v) is 5.10. The lowest BCUT2D eigenvalue weighted by Gasteiger charge is -2.05. The number of alkyl halides is 3. The first-order chi connectivity index (χ1) is 11.0. The van der Waals surface area contributed by atoms with Gasteiger partial charge in [-0.2, -0.15) is 0 Å². The third-order valence-electron chi connectivity index (χ3n) is 2.45. The van der Waals surface area contributed by atoms with Crippen molar-refractivity contribution in [2.45, 2.75) is 25.1 Å². The molecule has 0 saturated heterocycles. The van der Waals surface area contributed by atoms with Gasteiger partial charge in [-0.3, -0.25) is 9.18 Å². The lowest BCUT2D eigenvalue weighted by atomic mass is 10.3. The number of nitrogens with one attached hydrogen (secondary N) is 1. The molecule has 0 atom stereocenters. The number of aryl methyl sites for hydroxylation is 1. The first-order valence-corrected chi connectivity index (χ1v) is 7.46. The summed E-state index contributed by atoms with van der Waals surface area (Å²) in [5, 5.41) is 2.82. The van der Waals surface area contributed by atoms with E-state index in [1.165, 1.54) is 12.3 Å². The number of thioether (sulfide) groups is 1. The normalized spacial score (nSPS) is 10.2. The standard InChI is InChI=1S/C13H13F2N3O2S.CH3F/c1-8-5-10(12(14)15)18-13(17-8)21-7-11(19)16-6-9-3-2-4-20-9;1-2/h2-5,12H,6-7H2,1H3,(H,16,19);1H3. The summed E-state index contributed by atoms with van der Waals surface area (Å²) in [6.45, 7) is 1.89. The van der Waals surface area contributed by atoms with Gasteiger partial charge in [0.1, 0.15) is 11.5 Å². The lowest BCUT2D eigenvalue weighted by Crippen LogP contribution is -2.24. The number of rotatable bonds is 6. The number of halogens is 3. The highest BCUT2D eigenvalue weighted by atomic mass is 32.2. The van der Waals surface area contributed by atoms with Crippen LogP contribution < -0.4 is 5.32 Å². The van der Waals surface area contributed by atoms with Gasteiger partial charge >= 0.3 is 0 Å². The molecule has 0 unspecified atom stereocenters. The molecule has 0 aromatic carbocycles. The van der Waals surface area contributed by atoms with Crippen molar-refractivity contribution in [1.29, 1.82) is 0 Å². The molecule has 23 heavy (non-hydrogen) atoms. The van der Waals surface area contributed by atoms with E-state index in [1.54, 1.807) is 19.1 Å². The largest absolute Gasteiger partial charge is 0.467 e. The summed E-state index contributed by atoms with van der Waals surface area (Å²) in [4.78, 5) is 19.4. The predicted molar refractivity (Wildman–Crippen MR) is 80.0 cm³/mol. The zero-order valence-electron chi connectivity index (χ0n) is 12.6. The number of aromatic nitrogens is 2. The lowest BCUT2D eigenvalue weighted by molar-refractivity contribution is -0.118. The monoisotopic (exact) mass is 347 g/mol. The van der Waals surface area contributed by atoms with Gasteiger partial charge in [-0.25, -0.2) is 18.7 Å². The van der Waals surface area contributed by atoms with E-state index in [1.807, 2.05) is 0 Å². The Morgan fingerprint density at radius 3 is 2.74 bits per heavy atom. The second-order valence-electron chi connectivity index (χ2n) is 4.16. The highest BCUT2D eigenvalue weighted by Gasteiger charge is 2.13. The van der Waals surface area contributed by atoms with Crippen molar-refractivity contribution in [1.82, 2.24) is 15.3 Å². The van der Waals surface area contributed by atoms with Crippen molar-refractivity contribution < 1.29 is 22.4 Å². The van der Waals surface area contributed by atoms with Crippen molar-refractivity contribution in [2.24, 2.45) is 0 Å². The van der Waals surface area contributed by atoms with E-state index in [0.29, 0.717) is 18.6 Å². The summed E-state index contributed by atoms with van der Waals surface area (Å²) >= 11 is 1.01. The number of carbonyl (C=O) groups is 1. The van der Waals surface area contributed by atoms with Crippen molar-refractivity contribution in [3.05, 3.63) is 41.6 Å². The molecule has 0 bridgehead atoms. The third-order valence-corrected chi connectivity index (χ3v) is 3.30. The zero-order chi connectivity index (χ0) is 17.2. The van der Waals surface area contributed by atoms with E-state index in [2.05, 4.69) is 15.3 Å². The van der Waals surface area contributed by atoms with Crippen LogP contribution in [0.2, 0.25) is 0 Å². The molecule has 2 rings (SSSR count).